The number of benzene rings is 1. The topological polar surface area (TPSA) is 120 Å². The van der Waals surface area contributed by atoms with Crippen LogP contribution in [-0.2, 0) is 23.1 Å². The van der Waals surface area contributed by atoms with Gasteiger partial charge in [-0.25, -0.2) is 0 Å². The average molecular weight is 361 g/mol. The Morgan fingerprint density at radius 2 is 1.96 bits per heavy atom. The standard InChI is InChI=1S/C16H19N5O3S/c1-10(22)11-5-3-4-6-12(11)18-15(24)9-25-16-20-19-14(21(16)2)8-7-13(17)23/h3-6H,7-9H2,1-2H3,(H2,17,23)(H,18,24). The third-order valence-electron chi connectivity index (χ3n) is 3.43. The minimum absolute atomic E-state index is 0.115. The Morgan fingerprint density at radius 3 is 2.64 bits per heavy atom. The van der Waals surface area contributed by atoms with Gasteiger partial charge in [0.05, 0.1) is 11.4 Å². The van der Waals surface area contributed by atoms with Crippen molar-refractivity contribution < 1.29 is 14.4 Å². The number of amides is 2. The molecule has 2 aromatic rings. The molecule has 9 heteroatoms. The Kier molecular flexibility index (Phi) is 6.29. The number of thioether (sulfide) groups is 1. The number of carbonyl (C=O) groups is 3. The van der Waals surface area contributed by atoms with E-state index in [-0.39, 0.29) is 23.9 Å². The van der Waals surface area contributed by atoms with Crippen LogP contribution in [0, 0.1) is 0 Å². The van der Waals surface area contributed by atoms with Crippen LogP contribution in [0.2, 0.25) is 0 Å². The van der Waals surface area contributed by atoms with Crippen molar-refractivity contribution in [3.63, 3.8) is 0 Å². The Labute approximate surface area is 149 Å². The number of Topliss-reactive ketones (excluding diaryl/α,β-unsaturated/α-hetero) is 1. The molecule has 2 amide bonds. The molecular weight excluding hydrogens is 342 g/mol. The van der Waals surface area contributed by atoms with Crippen LogP contribution in [0.3, 0.4) is 0 Å². The first-order valence-corrected chi connectivity index (χ1v) is 8.56. The molecule has 0 aliphatic rings. The second-order valence-corrected chi connectivity index (χ2v) is 6.31. The van der Waals surface area contributed by atoms with Crippen LogP contribution in [0.15, 0.2) is 29.4 Å². The van der Waals surface area contributed by atoms with E-state index < -0.39 is 5.91 Å². The highest BCUT2D eigenvalue weighted by molar-refractivity contribution is 7.99. The van der Waals surface area contributed by atoms with Gasteiger partial charge in [0.1, 0.15) is 5.82 Å². The first kappa shape index (κ1) is 18.7. The lowest BCUT2D eigenvalue weighted by Gasteiger charge is -2.08. The summed E-state index contributed by atoms with van der Waals surface area (Å²) in [6.07, 6.45) is 0.594. The maximum Gasteiger partial charge on any atom is 0.234 e. The zero-order valence-corrected chi connectivity index (χ0v) is 14.8. The Balaban J connectivity index is 1.95. The highest BCUT2D eigenvalue weighted by Gasteiger charge is 2.14. The van der Waals surface area contributed by atoms with E-state index in [4.69, 9.17) is 5.73 Å². The van der Waals surface area contributed by atoms with Crippen molar-refractivity contribution in [3.8, 4) is 0 Å². The number of aromatic nitrogens is 3. The number of nitrogens with two attached hydrogens (primary N) is 1. The molecule has 25 heavy (non-hydrogen) atoms. The monoisotopic (exact) mass is 361 g/mol. The predicted molar refractivity (Wildman–Crippen MR) is 94.3 cm³/mol. The number of nitrogens with one attached hydrogen (secondary N) is 1. The molecule has 0 bridgehead atoms. The molecule has 0 saturated heterocycles. The first-order valence-electron chi connectivity index (χ1n) is 7.57. The largest absolute Gasteiger partial charge is 0.370 e. The van der Waals surface area contributed by atoms with E-state index in [1.54, 1.807) is 35.9 Å². The number of ketones is 1. The van der Waals surface area contributed by atoms with E-state index in [1.165, 1.54) is 18.7 Å². The van der Waals surface area contributed by atoms with Crippen LogP contribution in [-0.4, -0.2) is 38.1 Å². The fraction of sp³-hybridized carbons (Fsp3) is 0.312. The van der Waals surface area contributed by atoms with E-state index in [1.807, 2.05) is 0 Å². The number of hydrogen-bond donors (Lipinski definition) is 2. The van der Waals surface area contributed by atoms with Crippen LogP contribution in [0.4, 0.5) is 5.69 Å². The molecule has 0 aliphatic carbocycles. The zero-order chi connectivity index (χ0) is 18.4. The quantitative estimate of drug-likeness (QED) is 0.538. The van der Waals surface area contributed by atoms with E-state index in [0.29, 0.717) is 28.7 Å². The smallest absolute Gasteiger partial charge is 0.234 e. The van der Waals surface area contributed by atoms with Gasteiger partial charge in [0.15, 0.2) is 10.9 Å². The summed E-state index contributed by atoms with van der Waals surface area (Å²) < 4.78 is 1.73. The minimum Gasteiger partial charge on any atom is -0.370 e. The van der Waals surface area contributed by atoms with Gasteiger partial charge in [0.2, 0.25) is 11.8 Å². The van der Waals surface area contributed by atoms with E-state index >= 15 is 0 Å². The molecule has 0 spiro atoms. The number of anilines is 1. The lowest BCUT2D eigenvalue weighted by molar-refractivity contribution is -0.118. The van der Waals surface area contributed by atoms with Crippen molar-refractivity contribution in [3.05, 3.63) is 35.7 Å². The van der Waals surface area contributed by atoms with Crippen molar-refractivity contribution >= 4 is 35.0 Å². The first-order chi connectivity index (χ1) is 11.9. The number of para-hydroxylation sites is 1. The highest BCUT2D eigenvalue weighted by atomic mass is 32.2. The lowest BCUT2D eigenvalue weighted by atomic mass is 10.1. The normalized spacial score (nSPS) is 10.5. The molecule has 0 radical (unpaired) electrons. The summed E-state index contributed by atoms with van der Waals surface area (Å²) in [6.45, 7) is 1.45. The van der Waals surface area contributed by atoms with Gasteiger partial charge in [0, 0.05) is 25.5 Å². The average Bonchev–Trinajstić information content (AvgIpc) is 2.91. The third kappa shape index (κ3) is 5.15. The van der Waals surface area contributed by atoms with Gasteiger partial charge in [-0.15, -0.1) is 10.2 Å². The van der Waals surface area contributed by atoms with E-state index in [9.17, 15) is 14.4 Å². The molecule has 3 N–H and O–H groups in total. The van der Waals surface area contributed by atoms with Gasteiger partial charge < -0.3 is 15.6 Å². The molecule has 0 fully saturated rings. The summed E-state index contributed by atoms with van der Waals surface area (Å²) in [5.41, 5.74) is 6.08. The molecule has 1 aromatic carbocycles. The summed E-state index contributed by atoms with van der Waals surface area (Å²) in [7, 11) is 1.77. The van der Waals surface area contributed by atoms with Gasteiger partial charge in [0.25, 0.3) is 0 Å². The lowest BCUT2D eigenvalue weighted by Crippen LogP contribution is -2.16. The highest BCUT2D eigenvalue weighted by Crippen LogP contribution is 2.19. The van der Waals surface area contributed by atoms with Crippen LogP contribution < -0.4 is 11.1 Å². The van der Waals surface area contributed by atoms with Crippen LogP contribution >= 0.6 is 11.8 Å². The minimum atomic E-state index is -0.402. The Morgan fingerprint density at radius 1 is 1.24 bits per heavy atom. The van der Waals surface area contributed by atoms with Gasteiger partial charge in [-0.3, -0.25) is 14.4 Å². The molecule has 132 valence electrons. The maximum absolute atomic E-state index is 12.1. The molecule has 0 saturated carbocycles. The molecule has 2 rings (SSSR count). The summed E-state index contributed by atoms with van der Waals surface area (Å²) in [5, 5.41) is 11.3. The molecule has 1 aromatic heterocycles. The van der Waals surface area contributed by atoms with Crippen LogP contribution in [0.25, 0.3) is 0 Å². The maximum atomic E-state index is 12.1. The van der Waals surface area contributed by atoms with Gasteiger partial charge in [-0.05, 0) is 19.1 Å². The van der Waals surface area contributed by atoms with Gasteiger partial charge in [-0.1, -0.05) is 23.9 Å². The molecule has 0 unspecified atom stereocenters. The molecule has 0 aliphatic heterocycles. The Bertz CT molecular complexity index is 803. The van der Waals surface area contributed by atoms with E-state index in [0.717, 1.165) is 0 Å². The molecular formula is C16H19N5O3S. The van der Waals surface area contributed by atoms with Crippen molar-refractivity contribution in [2.24, 2.45) is 12.8 Å². The Hall–Kier alpha value is -2.68. The van der Waals surface area contributed by atoms with Crippen molar-refractivity contribution in [1.29, 1.82) is 0 Å². The fourth-order valence-electron chi connectivity index (χ4n) is 2.14. The van der Waals surface area contributed by atoms with Crippen molar-refractivity contribution in [1.82, 2.24) is 14.8 Å². The van der Waals surface area contributed by atoms with Crippen LogP contribution in [0.5, 0.6) is 0 Å². The van der Waals surface area contributed by atoms with Gasteiger partial charge in [-0.2, -0.15) is 0 Å². The van der Waals surface area contributed by atoms with Crippen molar-refractivity contribution in [2.45, 2.75) is 24.9 Å². The zero-order valence-electron chi connectivity index (χ0n) is 14.0. The second-order valence-electron chi connectivity index (χ2n) is 5.36. The molecule has 0 atom stereocenters. The number of carbonyl (C=O) groups excluding carboxylic acids is 3. The number of primary amides is 1. The van der Waals surface area contributed by atoms with E-state index in [2.05, 4.69) is 15.5 Å². The summed E-state index contributed by atoms with van der Waals surface area (Å²) in [4.78, 5) is 34.5. The third-order valence-corrected chi connectivity index (χ3v) is 4.45. The predicted octanol–water partition coefficient (Wildman–Crippen LogP) is 1.17. The van der Waals surface area contributed by atoms with Crippen molar-refractivity contribution in [2.75, 3.05) is 11.1 Å². The molecule has 8 nitrogen and oxygen atoms in total. The second kappa shape index (κ2) is 8.43. The molecule has 1 heterocycles. The SMILES string of the molecule is CC(=O)c1ccccc1NC(=O)CSc1nnc(CCC(N)=O)n1C. The summed E-state index contributed by atoms with van der Waals surface area (Å²) >= 11 is 1.22. The van der Waals surface area contributed by atoms with Gasteiger partial charge >= 0.3 is 0 Å². The number of hydrogen-bond acceptors (Lipinski definition) is 6. The summed E-state index contributed by atoms with van der Waals surface area (Å²) in [5.74, 6) is -0.0192. The number of aryl methyl sites for hydroxylation is 1. The number of nitrogens with zero attached hydrogens (tertiary/aromatic N) is 3. The van der Waals surface area contributed by atoms with Crippen LogP contribution in [0.1, 0.15) is 29.5 Å². The fourth-order valence-corrected chi connectivity index (χ4v) is 2.87. The number of rotatable bonds is 8. The summed E-state index contributed by atoms with van der Waals surface area (Å²) in [6, 6.07) is 6.85.